The number of carbonyl (C=O) groups excluding carboxylic acids is 2. The summed E-state index contributed by atoms with van der Waals surface area (Å²) in [5, 5.41) is 0. The van der Waals surface area contributed by atoms with Gasteiger partial charge < -0.3 is 9.47 Å². The molecule has 0 bridgehead atoms. The summed E-state index contributed by atoms with van der Waals surface area (Å²) in [6, 6.07) is 0. The normalized spacial score (nSPS) is 11.4. The first-order valence-corrected chi connectivity index (χ1v) is 9.58. The molecule has 0 aliphatic rings. The molecule has 0 N–H and O–H groups in total. The number of rotatable bonds is 14. The van der Waals surface area contributed by atoms with Gasteiger partial charge in [0.1, 0.15) is 0 Å². The van der Waals surface area contributed by atoms with Crippen molar-refractivity contribution in [3.05, 3.63) is 12.2 Å². The molecule has 0 fully saturated rings. The van der Waals surface area contributed by atoms with Crippen molar-refractivity contribution < 1.29 is 19.1 Å². The molecule has 0 atom stereocenters. The van der Waals surface area contributed by atoms with Gasteiger partial charge in [0.2, 0.25) is 0 Å². The first kappa shape index (κ1) is 22.7. The van der Waals surface area contributed by atoms with E-state index in [1.807, 2.05) is 0 Å². The molecule has 0 saturated carbocycles. The second kappa shape index (κ2) is 15.2. The van der Waals surface area contributed by atoms with E-state index in [1.165, 1.54) is 12.2 Å². The van der Waals surface area contributed by atoms with Crippen molar-refractivity contribution in [2.75, 3.05) is 13.2 Å². The van der Waals surface area contributed by atoms with Gasteiger partial charge in [-0.25, -0.2) is 9.59 Å². The quantitative estimate of drug-likeness (QED) is 0.327. The maximum absolute atomic E-state index is 11.7. The Labute approximate surface area is 148 Å². The Hall–Kier alpha value is -1.32. The molecular weight excluding hydrogens is 304 g/mol. The van der Waals surface area contributed by atoms with Gasteiger partial charge in [-0.15, -0.1) is 0 Å². The molecule has 4 heteroatoms. The molecule has 0 heterocycles. The first-order chi connectivity index (χ1) is 11.6. The third kappa shape index (κ3) is 12.1. The van der Waals surface area contributed by atoms with Crippen LogP contribution in [-0.4, -0.2) is 25.2 Å². The highest BCUT2D eigenvalue weighted by molar-refractivity contribution is 5.91. The smallest absolute Gasteiger partial charge is 0.331 e. The average molecular weight is 341 g/mol. The molecule has 0 aromatic heterocycles. The second-order valence-electron chi connectivity index (χ2n) is 6.48. The number of hydrogen-bond donors (Lipinski definition) is 0. The van der Waals surface area contributed by atoms with Crippen LogP contribution >= 0.6 is 0 Å². The van der Waals surface area contributed by atoms with Gasteiger partial charge >= 0.3 is 11.9 Å². The predicted octanol–water partition coefficient (Wildman–Crippen LogP) is 5.06. The molecule has 0 amide bonds. The predicted molar refractivity (Wildman–Crippen MR) is 97.7 cm³/mol. The summed E-state index contributed by atoms with van der Waals surface area (Å²) in [5.41, 5.74) is 0. The highest BCUT2D eigenvalue weighted by Gasteiger charge is 2.11. The molecule has 0 aliphatic carbocycles. The molecule has 140 valence electrons. The molecule has 0 spiro atoms. The Bertz CT molecular complexity index is 317. The van der Waals surface area contributed by atoms with Gasteiger partial charge in [-0.2, -0.15) is 0 Å². The van der Waals surface area contributed by atoms with Gasteiger partial charge in [-0.05, 0) is 37.5 Å². The Morgan fingerprint density at radius 3 is 1.21 bits per heavy atom. The molecule has 0 saturated heterocycles. The maximum atomic E-state index is 11.7. The number of ether oxygens (including phenoxy) is 2. The number of carbonyl (C=O) groups is 2. The van der Waals surface area contributed by atoms with Gasteiger partial charge in [0, 0.05) is 12.2 Å². The van der Waals surface area contributed by atoms with E-state index in [0.29, 0.717) is 25.0 Å². The summed E-state index contributed by atoms with van der Waals surface area (Å²) in [6.07, 6.45) is 10.9. The van der Waals surface area contributed by atoms with Crippen molar-refractivity contribution in [1.29, 1.82) is 0 Å². The van der Waals surface area contributed by atoms with E-state index in [2.05, 4.69) is 27.7 Å². The third-order valence-corrected chi connectivity index (χ3v) is 4.07. The summed E-state index contributed by atoms with van der Waals surface area (Å²) in [4.78, 5) is 23.4. The van der Waals surface area contributed by atoms with E-state index in [-0.39, 0.29) is 0 Å². The van der Waals surface area contributed by atoms with Crippen LogP contribution in [0.2, 0.25) is 0 Å². The van der Waals surface area contributed by atoms with Crippen LogP contribution in [0.3, 0.4) is 0 Å². The Kier molecular flexibility index (Phi) is 14.4. The lowest BCUT2D eigenvalue weighted by molar-refractivity contribution is -0.142. The second-order valence-corrected chi connectivity index (χ2v) is 6.48. The minimum absolute atomic E-state index is 0.410. The van der Waals surface area contributed by atoms with E-state index in [4.69, 9.17) is 9.47 Å². The van der Waals surface area contributed by atoms with Gasteiger partial charge in [-0.3, -0.25) is 0 Å². The minimum Gasteiger partial charge on any atom is -0.462 e. The molecule has 0 aromatic rings. The van der Waals surface area contributed by atoms with Gasteiger partial charge in [0.25, 0.3) is 0 Å². The maximum Gasteiger partial charge on any atom is 0.331 e. The lowest BCUT2D eigenvalue weighted by Gasteiger charge is -2.15. The lowest BCUT2D eigenvalue weighted by Crippen LogP contribution is -2.14. The van der Waals surface area contributed by atoms with Crippen molar-refractivity contribution in [2.24, 2.45) is 11.8 Å². The number of hydrogen-bond acceptors (Lipinski definition) is 4. The first-order valence-electron chi connectivity index (χ1n) is 9.58. The van der Waals surface area contributed by atoms with Gasteiger partial charge in [0.15, 0.2) is 0 Å². The monoisotopic (exact) mass is 340 g/mol. The highest BCUT2D eigenvalue weighted by atomic mass is 16.5. The third-order valence-electron chi connectivity index (χ3n) is 4.07. The van der Waals surface area contributed by atoms with Crippen molar-refractivity contribution in [3.63, 3.8) is 0 Å². The minimum atomic E-state index is -0.470. The molecule has 4 nitrogen and oxygen atoms in total. The Morgan fingerprint density at radius 2 is 0.958 bits per heavy atom. The van der Waals surface area contributed by atoms with Crippen LogP contribution < -0.4 is 0 Å². The fourth-order valence-corrected chi connectivity index (χ4v) is 2.89. The number of esters is 2. The van der Waals surface area contributed by atoms with E-state index in [0.717, 1.165) is 51.4 Å². The van der Waals surface area contributed by atoms with Crippen LogP contribution in [0.4, 0.5) is 0 Å². The summed E-state index contributed by atoms with van der Waals surface area (Å²) < 4.78 is 10.5. The zero-order valence-electron chi connectivity index (χ0n) is 16.0. The van der Waals surface area contributed by atoms with Crippen LogP contribution in [0.15, 0.2) is 12.2 Å². The molecule has 0 aromatic carbocycles. The topological polar surface area (TPSA) is 52.6 Å². The standard InChI is InChI=1S/C20H36O4/c1-5-9-17(10-6-2)15-23-19(21)13-14-20(22)24-16-18(11-7-3)12-8-4/h13-14,17-18H,5-12,15-16H2,1-4H3/b14-13-. The SMILES string of the molecule is CCCC(CCC)COC(=O)/C=C\C(=O)OCC(CCC)CCC. The molecular formula is C20H36O4. The van der Waals surface area contributed by atoms with E-state index >= 15 is 0 Å². The molecule has 0 unspecified atom stereocenters. The zero-order valence-corrected chi connectivity index (χ0v) is 16.0. The van der Waals surface area contributed by atoms with E-state index in [1.54, 1.807) is 0 Å². The summed E-state index contributed by atoms with van der Waals surface area (Å²) in [7, 11) is 0. The van der Waals surface area contributed by atoms with Crippen LogP contribution in [0.1, 0.15) is 79.1 Å². The average Bonchev–Trinajstić information content (AvgIpc) is 2.56. The fraction of sp³-hybridized carbons (Fsp3) is 0.800. The molecule has 0 rings (SSSR count). The van der Waals surface area contributed by atoms with Crippen LogP contribution in [-0.2, 0) is 19.1 Å². The fourth-order valence-electron chi connectivity index (χ4n) is 2.89. The van der Waals surface area contributed by atoms with Gasteiger partial charge in [-0.1, -0.05) is 53.4 Å². The largest absolute Gasteiger partial charge is 0.462 e. The zero-order chi connectivity index (χ0) is 18.2. The van der Waals surface area contributed by atoms with Gasteiger partial charge in [0.05, 0.1) is 13.2 Å². The van der Waals surface area contributed by atoms with Crippen molar-refractivity contribution in [1.82, 2.24) is 0 Å². The summed E-state index contributed by atoms with van der Waals surface area (Å²) in [5.74, 6) is -0.119. The molecule has 0 aliphatic heterocycles. The highest BCUT2D eigenvalue weighted by Crippen LogP contribution is 2.14. The molecule has 24 heavy (non-hydrogen) atoms. The Morgan fingerprint density at radius 1 is 0.667 bits per heavy atom. The summed E-state index contributed by atoms with van der Waals surface area (Å²) >= 11 is 0. The van der Waals surface area contributed by atoms with E-state index in [9.17, 15) is 9.59 Å². The lowest BCUT2D eigenvalue weighted by atomic mass is 9.99. The summed E-state index contributed by atoms with van der Waals surface area (Å²) in [6.45, 7) is 9.37. The van der Waals surface area contributed by atoms with Crippen molar-refractivity contribution >= 4 is 11.9 Å². The van der Waals surface area contributed by atoms with Crippen molar-refractivity contribution in [3.8, 4) is 0 Å². The molecule has 0 radical (unpaired) electrons. The Balaban J connectivity index is 4.12. The van der Waals surface area contributed by atoms with Crippen LogP contribution in [0.25, 0.3) is 0 Å². The van der Waals surface area contributed by atoms with Crippen molar-refractivity contribution in [2.45, 2.75) is 79.1 Å². The van der Waals surface area contributed by atoms with Crippen LogP contribution in [0, 0.1) is 11.8 Å². The van der Waals surface area contributed by atoms with E-state index < -0.39 is 11.9 Å². The van der Waals surface area contributed by atoms with Crippen LogP contribution in [0.5, 0.6) is 0 Å².